The first-order valence-electron chi connectivity index (χ1n) is 22.4. The molecule has 2 nitrogen and oxygen atoms in total. The SMILES string of the molecule is CC(C)c1cc(-c2ccc(N(c3ccccc3)c3ccc(F)cc3)cc2)c2cc3c4c(cc(-c5ccc(N(c6ccccc6)c6ccc(F)cc6)cc5)c5ccc1c2c54)CCC3(C)C. The van der Waals surface area contributed by atoms with Crippen molar-refractivity contribution in [1.82, 2.24) is 0 Å². The minimum atomic E-state index is -0.255. The second-order valence-corrected chi connectivity index (χ2v) is 18.3. The summed E-state index contributed by atoms with van der Waals surface area (Å²) in [5.41, 5.74) is 14.8. The van der Waals surface area contributed by atoms with E-state index in [9.17, 15) is 8.78 Å². The van der Waals surface area contributed by atoms with Crippen LogP contribution in [-0.4, -0.2) is 0 Å². The summed E-state index contributed by atoms with van der Waals surface area (Å²) in [6.45, 7) is 9.44. The molecule has 11 rings (SSSR count). The molecular formula is C60H48F2N2. The summed E-state index contributed by atoms with van der Waals surface area (Å²) in [6, 6.07) is 63.9. The second kappa shape index (κ2) is 15.5. The van der Waals surface area contributed by atoms with Crippen LogP contribution >= 0.6 is 0 Å². The van der Waals surface area contributed by atoms with E-state index in [1.807, 2.05) is 60.7 Å². The molecule has 0 N–H and O–H groups in total. The van der Waals surface area contributed by atoms with Gasteiger partial charge in [0.1, 0.15) is 11.6 Å². The Morgan fingerprint density at radius 1 is 0.438 bits per heavy atom. The van der Waals surface area contributed by atoms with Gasteiger partial charge in [0.05, 0.1) is 0 Å². The average Bonchev–Trinajstić information content (AvgIpc) is 3.32. The quantitative estimate of drug-likeness (QED) is 0.134. The van der Waals surface area contributed by atoms with Gasteiger partial charge in [-0.25, -0.2) is 8.78 Å². The number of rotatable bonds is 9. The summed E-state index contributed by atoms with van der Waals surface area (Å²) in [4.78, 5) is 4.35. The first-order valence-corrected chi connectivity index (χ1v) is 22.4. The predicted octanol–water partition coefficient (Wildman–Crippen LogP) is 17.5. The van der Waals surface area contributed by atoms with Gasteiger partial charge in [-0.15, -0.1) is 0 Å². The maximum atomic E-state index is 14.1. The van der Waals surface area contributed by atoms with Crippen molar-refractivity contribution in [2.24, 2.45) is 0 Å². The summed E-state index contributed by atoms with van der Waals surface area (Å²) in [5, 5.41) is 7.97. The van der Waals surface area contributed by atoms with Gasteiger partial charge in [-0.2, -0.15) is 0 Å². The third-order valence-corrected chi connectivity index (χ3v) is 13.6. The van der Waals surface area contributed by atoms with Crippen molar-refractivity contribution in [3.63, 3.8) is 0 Å². The number of nitrogens with zero attached hydrogens (tertiary/aromatic N) is 2. The smallest absolute Gasteiger partial charge is 0.123 e. The summed E-state index contributed by atoms with van der Waals surface area (Å²) < 4.78 is 28.2. The van der Waals surface area contributed by atoms with Gasteiger partial charge in [0, 0.05) is 34.1 Å². The molecule has 1 aliphatic carbocycles. The Balaban J connectivity index is 1.10. The molecule has 0 radical (unpaired) electrons. The largest absolute Gasteiger partial charge is 0.311 e. The van der Waals surface area contributed by atoms with Crippen LogP contribution in [0.4, 0.5) is 42.9 Å². The van der Waals surface area contributed by atoms with Crippen LogP contribution in [0, 0.1) is 11.6 Å². The van der Waals surface area contributed by atoms with Crippen LogP contribution in [-0.2, 0) is 11.8 Å². The number of benzene rings is 10. The molecule has 0 aliphatic heterocycles. The molecule has 0 saturated carbocycles. The van der Waals surface area contributed by atoms with E-state index in [4.69, 9.17) is 0 Å². The van der Waals surface area contributed by atoms with E-state index >= 15 is 0 Å². The molecule has 0 fully saturated rings. The Labute approximate surface area is 374 Å². The fourth-order valence-corrected chi connectivity index (χ4v) is 10.3. The van der Waals surface area contributed by atoms with E-state index in [0.29, 0.717) is 5.92 Å². The van der Waals surface area contributed by atoms with Crippen LogP contribution in [0.2, 0.25) is 0 Å². The fourth-order valence-electron chi connectivity index (χ4n) is 10.3. The first kappa shape index (κ1) is 39.5. The van der Waals surface area contributed by atoms with Gasteiger partial charge in [0.2, 0.25) is 0 Å². The molecule has 64 heavy (non-hydrogen) atoms. The molecule has 0 spiro atoms. The van der Waals surface area contributed by atoms with Crippen LogP contribution in [0.1, 0.15) is 56.7 Å². The predicted molar refractivity (Wildman–Crippen MR) is 266 cm³/mol. The Bertz CT molecular complexity index is 3300. The van der Waals surface area contributed by atoms with Crippen molar-refractivity contribution in [1.29, 1.82) is 0 Å². The van der Waals surface area contributed by atoms with E-state index in [0.717, 1.165) is 52.5 Å². The summed E-state index contributed by atoms with van der Waals surface area (Å²) in [6.07, 6.45) is 2.08. The highest BCUT2D eigenvalue weighted by atomic mass is 19.1. The lowest BCUT2D eigenvalue weighted by Gasteiger charge is -2.35. The molecule has 0 unspecified atom stereocenters. The van der Waals surface area contributed by atoms with Crippen LogP contribution in [0.5, 0.6) is 0 Å². The highest BCUT2D eigenvalue weighted by Crippen LogP contribution is 2.52. The number of hydrogen-bond donors (Lipinski definition) is 0. The molecule has 10 aromatic carbocycles. The lowest BCUT2D eigenvalue weighted by molar-refractivity contribution is 0.475. The van der Waals surface area contributed by atoms with Crippen molar-refractivity contribution in [3.05, 3.63) is 216 Å². The standard InChI is InChI=1S/C60H48F2N2/c1-38(2)52-36-54(40-17-25-47(26-18-40)64(45-13-9-6-10-14-45)49-29-21-43(62)22-30-49)55-37-56-57-41(33-34-60(56,3)4)35-53(51-32-31-50(52)58(55)59(51)57)39-15-23-46(24-16-39)63(44-11-7-5-8-12-44)48-27-19-42(61)20-28-48/h5-32,35-38H,33-34H2,1-4H3. The molecule has 0 bridgehead atoms. The maximum absolute atomic E-state index is 14.1. The number of anilines is 6. The van der Waals surface area contributed by atoms with Gasteiger partial charge in [-0.1, -0.05) is 100 Å². The molecule has 0 amide bonds. The van der Waals surface area contributed by atoms with Gasteiger partial charge in [-0.05, 0) is 211 Å². The molecule has 312 valence electrons. The molecule has 4 heteroatoms. The summed E-state index contributed by atoms with van der Waals surface area (Å²) >= 11 is 0. The highest BCUT2D eigenvalue weighted by molar-refractivity contribution is 6.30. The number of hydrogen-bond acceptors (Lipinski definition) is 2. The summed E-state index contributed by atoms with van der Waals surface area (Å²) in [5.74, 6) is -0.204. The van der Waals surface area contributed by atoms with E-state index in [1.165, 1.54) is 90.0 Å². The number of halogens is 2. The third-order valence-electron chi connectivity index (χ3n) is 13.6. The molecule has 0 saturated heterocycles. The Hall–Kier alpha value is -7.30. The fraction of sp³-hybridized carbons (Fsp3) is 0.133. The zero-order valence-corrected chi connectivity index (χ0v) is 36.5. The molecular weight excluding hydrogens is 787 g/mol. The monoisotopic (exact) mass is 834 g/mol. The zero-order valence-electron chi connectivity index (χ0n) is 36.5. The topological polar surface area (TPSA) is 6.48 Å². The highest BCUT2D eigenvalue weighted by Gasteiger charge is 2.32. The van der Waals surface area contributed by atoms with E-state index in [2.05, 4.69) is 141 Å². The van der Waals surface area contributed by atoms with Crippen LogP contribution in [0.15, 0.2) is 188 Å². The van der Waals surface area contributed by atoms with Gasteiger partial charge in [-0.3, -0.25) is 0 Å². The van der Waals surface area contributed by atoms with E-state index in [-0.39, 0.29) is 17.0 Å². The van der Waals surface area contributed by atoms with Gasteiger partial charge in [0.25, 0.3) is 0 Å². The Morgan fingerprint density at radius 3 is 1.36 bits per heavy atom. The normalized spacial score (nSPS) is 13.3. The first-order chi connectivity index (χ1) is 31.1. The van der Waals surface area contributed by atoms with Crippen molar-refractivity contribution in [3.8, 4) is 22.3 Å². The van der Waals surface area contributed by atoms with Gasteiger partial charge >= 0.3 is 0 Å². The van der Waals surface area contributed by atoms with E-state index < -0.39 is 0 Å². The minimum Gasteiger partial charge on any atom is -0.311 e. The van der Waals surface area contributed by atoms with Crippen molar-refractivity contribution in [2.75, 3.05) is 9.80 Å². The van der Waals surface area contributed by atoms with Crippen molar-refractivity contribution >= 4 is 66.4 Å². The van der Waals surface area contributed by atoms with Crippen molar-refractivity contribution in [2.45, 2.75) is 51.9 Å². The maximum Gasteiger partial charge on any atom is 0.123 e. The van der Waals surface area contributed by atoms with Crippen LogP contribution < -0.4 is 9.80 Å². The van der Waals surface area contributed by atoms with Gasteiger partial charge in [0.15, 0.2) is 0 Å². The lowest BCUT2D eigenvalue weighted by atomic mass is 9.69. The molecule has 10 aromatic rings. The molecule has 0 heterocycles. The van der Waals surface area contributed by atoms with Gasteiger partial charge < -0.3 is 9.80 Å². The Morgan fingerprint density at radius 2 is 0.875 bits per heavy atom. The average molecular weight is 835 g/mol. The molecule has 0 aromatic heterocycles. The second-order valence-electron chi connectivity index (χ2n) is 18.3. The van der Waals surface area contributed by atoms with E-state index in [1.54, 1.807) is 0 Å². The molecule has 0 atom stereocenters. The van der Waals surface area contributed by atoms with Crippen LogP contribution in [0.3, 0.4) is 0 Å². The number of para-hydroxylation sites is 2. The third kappa shape index (κ3) is 6.68. The lowest BCUT2D eigenvalue weighted by Crippen LogP contribution is -2.23. The minimum absolute atomic E-state index is 0.00656. The Kier molecular flexibility index (Phi) is 9.57. The van der Waals surface area contributed by atoms with Crippen LogP contribution in [0.25, 0.3) is 54.6 Å². The summed E-state index contributed by atoms with van der Waals surface area (Å²) in [7, 11) is 0. The zero-order chi connectivity index (χ0) is 43.7. The molecule has 1 aliphatic rings. The van der Waals surface area contributed by atoms with Crippen molar-refractivity contribution < 1.29 is 8.78 Å². The number of aryl methyl sites for hydroxylation is 1.